The molecule has 186 valence electrons. The van der Waals surface area contributed by atoms with Crippen LogP contribution in [-0.2, 0) is 6.54 Å². The molecular formula is C27H32FN3O3S. The highest BCUT2D eigenvalue weighted by molar-refractivity contribution is 7.99. The van der Waals surface area contributed by atoms with Crippen molar-refractivity contribution in [2.24, 2.45) is 11.8 Å². The molecular weight excluding hydrogens is 465 g/mol. The van der Waals surface area contributed by atoms with Gasteiger partial charge in [0.2, 0.25) is 0 Å². The van der Waals surface area contributed by atoms with Crippen molar-refractivity contribution >= 4 is 34.4 Å². The number of aromatic nitrogens is 2. The number of Topliss-reactive ketones (excluding diaryl/α,β-unsaturated/α-hetero) is 1. The van der Waals surface area contributed by atoms with Gasteiger partial charge in [0.15, 0.2) is 10.9 Å². The lowest BCUT2D eigenvalue weighted by atomic mass is 10.1. The first-order chi connectivity index (χ1) is 16.7. The molecule has 3 rings (SSSR count). The van der Waals surface area contributed by atoms with E-state index in [1.165, 1.54) is 36.0 Å². The van der Waals surface area contributed by atoms with Gasteiger partial charge in [0, 0.05) is 24.2 Å². The summed E-state index contributed by atoms with van der Waals surface area (Å²) in [5, 5.41) is 3.76. The zero-order chi connectivity index (χ0) is 25.5. The van der Waals surface area contributed by atoms with Gasteiger partial charge in [0.25, 0.3) is 11.5 Å². The minimum atomic E-state index is -0.406. The lowest BCUT2D eigenvalue weighted by Crippen LogP contribution is -2.26. The van der Waals surface area contributed by atoms with E-state index in [1.54, 1.807) is 22.8 Å². The van der Waals surface area contributed by atoms with Gasteiger partial charge in [0.05, 0.1) is 16.7 Å². The number of carbonyl (C=O) groups excluding carboxylic acids is 2. The Labute approximate surface area is 209 Å². The van der Waals surface area contributed by atoms with Gasteiger partial charge in [-0.15, -0.1) is 0 Å². The Balaban J connectivity index is 1.90. The summed E-state index contributed by atoms with van der Waals surface area (Å²) in [6.45, 7) is 9.39. The van der Waals surface area contributed by atoms with E-state index in [1.807, 2.05) is 0 Å². The van der Waals surface area contributed by atoms with Gasteiger partial charge < -0.3 is 5.32 Å². The molecule has 0 radical (unpaired) electrons. The minimum Gasteiger partial charge on any atom is -0.352 e. The molecule has 0 spiro atoms. The lowest BCUT2D eigenvalue weighted by molar-refractivity contribution is 0.0951. The van der Waals surface area contributed by atoms with Gasteiger partial charge in [-0.2, -0.15) is 0 Å². The molecule has 0 aliphatic rings. The van der Waals surface area contributed by atoms with E-state index in [2.05, 4.69) is 38.0 Å². The maximum Gasteiger partial charge on any atom is 0.262 e. The van der Waals surface area contributed by atoms with Gasteiger partial charge in [0.1, 0.15) is 5.82 Å². The number of hydrogen-bond acceptors (Lipinski definition) is 5. The van der Waals surface area contributed by atoms with Crippen molar-refractivity contribution in [3.63, 3.8) is 0 Å². The van der Waals surface area contributed by atoms with E-state index in [-0.39, 0.29) is 23.0 Å². The molecule has 1 aromatic heterocycles. The van der Waals surface area contributed by atoms with Crippen LogP contribution in [0.4, 0.5) is 4.39 Å². The van der Waals surface area contributed by atoms with Crippen LogP contribution >= 0.6 is 11.8 Å². The standard InChI is InChI=1S/C27H32FN3O3S/c1-17(2)11-13-29-25(33)20-7-10-22-23(15-20)30-27(31(26(22)34)14-12-18(3)4)35-16-24(32)19-5-8-21(28)9-6-19/h5-10,15,17-18H,11-14,16H2,1-4H3,(H,29,33). The smallest absolute Gasteiger partial charge is 0.262 e. The Hall–Kier alpha value is -3.00. The fourth-order valence-corrected chi connectivity index (χ4v) is 4.38. The third kappa shape index (κ3) is 7.24. The molecule has 1 amide bonds. The lowest BCUT2D eigenvalue weighted by Gasteiger charge is -2.14. The number of halogens is 1. The number of nitrogens with one attached hydrogen (secondary N) is 1. The van der Waals surface area contributed by atoms with Crippen molar-refractivity contribution in [2.75, 3.05) is 12.3 Å². The fourth-order valence-electron chi connectivity index (χ4n) is 3.46. The molecule has 2 aromatic carbocycles. The van der Waals surface area contributed by atoms with Crippen LogP contribution in [0, 0.1) is 17.7 Å². The molecule has 35 heavy (non-hydrogen) atoms. The average molecular weight is 498 g/mol. The second kappa shape index (κ2) is 12.1. The van der Waals surface area contributed by atoms with E-state index in [0.717, 1.165) is 12.8 Å². The summed E-state index contributed by atoms with van der Waals surface area (Å²) >= 11 is 1.17. The van der Waals surface area contributed by atoms with E-state index in [9.17, 15) is 18.8 Å². The molecule has 0 unspecified atom stereocenters. The summed E-state index contributed by atoms with van der Waals surface area (Å²) in [5.41, 5.74) is 1.06. The number of fused-ring (bicyclic) bond motifs is 1. The Morgan fingerprint density at radius 2 is 1.66 bits per heavy atom. The third-order valence-corrected chi connectivity index (χ3v) is 6.59. The minimum absolute atomic E-state index is 0.0562. The monoisotopic (exact) mass is 497 g/mol. The van der Waals surface area contributed by atoms with Crippen molar-refractivity contribution < 1.29 is 14.0 Å². The Kier molecular flexibility index (Phi) is 9.20. The van der Waals surface area contributed by atoms with Crippen molar-refractivity contribution in [1.29, 1.82) is 0 Å². The van der Waals surface area contributed by atoms with Gasteiger partial charge in [-0.05, 0) is 67.1 Å². The maximum absolute atomic E-state index is 13.3. The van der Waals surface area contributed by atoms with Crippen LogP contribution in [0.3, 0.4) is 0 Å². The second-order valence-corrected chi connectivity index (χ2v) is 10.4. The summed E-state index contributed by atoms with van der Waals surface area (Å²) in [7, 11) is 0. The SMILES string of the molecule is CC(C)CCNC(=O)c1ccc2c(=O)n(CCC(C)C)c(SCC(=O)c3ccc(F)cc3)nc2c1. The number of amides is 1. The highest BCUT2D eigenvalue weighted by Crippen LogP contribution is 2.21. The second-order valence-electron chi connectivity index (χ2n) is 9.42. The van der Waals surface area contributed by atoms with E-state index in [0.29, 0.717) is 52.1 Å². The first-order valence-electron chi connectivity index (χ1n) is 11.9. The molecule has 6 nitrogen and oxygen atoms in total. The van der Waals surface area contributed by atoms with Gasteiger partial charge >= 0.3 is 0 Å². The number of hydrogen-bond donors (Lipinski definition) is 1. The molecule has 0 saturated carbocycles. The normalized spacial score (nSPS) is 11.4. The fraction of sp³-hybridized carbons (Fsp3) is 0.407. The summed E-state index contributed by atoms with van der Waals surface area (Å²) in [4.78, 5) is 43.2. The van der Waals surface area contributed by atoms with Crippen molar-refractivity contribution in [3.8, 4) is 0 Å². The van der Waals surface area contributed by atoms with Crippen LogP contribution < -0.4 is 10.9 Å². The molecule has 8 heteroatoms. The van der Waals surface area contributed by atoms with Crippen LogP contribution in [0.5, 0.6) is 0 Å². The number of ketones is 1. The molecule has 0 aliphatic carbocycles. The van der Waals surface area contributed by atoms with E-state index >= 15 is 0 Å². The molecule has 0 saturated heterocycles. The Bertz CT molecular complexity index is 1250. The zero-order valence-corrected chi connectivity index (χ0v) is 21.5. The number of thioether (sulfide) groups is 1. The predicted octanol–water partition coefficient (Wildman–Crippen LogP) is 5.33. The van der Waals surface area contributed by atoms with Gasteiger partial charge in [-0.3, -0.25) is 19.0 Å². The van der Waals surface area contributed by atoms with Crippen LogP contribution in [-0.4, -0.2) is 33.5 Å². The average Bonchev–Trinajstić information content (AvgIpc) is 2.81. The highest BCUT2D eigenvalue weighted by Gasteiger charge is 2.16. The first kappa shape index (κ1) is 26.6. The van der Waals surface area contributed by atoms with Crippen molar-refractivity contribution in [3.05, 3.63) is 69.8 Å². The van der Waals surface area contributed by atoms with Crippen LogP contribution in [0.15, 0.2) is 52.4 Å². The Morgan fingerprint density at radius 1 is 1.00 bits per heavy atom. The first-order valence-corrected chi connectivity index (χ1v) is 12.9. The highest BCUT2D eigenvalue weighted by atomic mass is 32.2. The molecule has 0 atom stereocenters. The number of nitrogens with zero attached hydrogens (tertiary/aromatic N) is 2. The zero-order valence-electron chi connectivity index (χ0n) is 20.6. The van der Waals surface area contributed by atoms with Gasteiger partial charge in [-0.1, -0.05) is 39.5 Å². The number of benzene rings is 2. The molecule has 0 bridgehead atoms. The molecule has 0 aliphatic heterocycles. The van der Waals surface area contributed by atoms with Crippen LogP contribution in [0.25, 0.3) is 10.9 Å². The summed E-state index contributed by atoms with van der Waals surface area (Å²) in [6, 6.07) is 10.3. The summed E-state index contributed by atoms with van der Waals surface area (Å²) in [6.07, 6.45) is 1.66. The number of carbonyl (C=O) groups is 2. The van der Waals surface area contributed by atoms with Gasteiger partial charge in [-0.25, -0.2) is 9.37 Å². The number of rotatable bonds is 11. The molecule has 0 fully saturated rings. The largest absolute Gasteiger partial charge is 0.352 e. The third-order valence-electron chi connectivity index (χ3n) is 5.62. The van der Waals surface area contributed by atoms with E-state index < -0.39 is 5.82 Å². The topological polar surface area (TPSA) is 81.1 Å². The van der Waals surface area contributed by atoms with Crippen molar-refractivity contribution in [1.82, 2.24) is 14.9 Å². The summed E-state index contributed by atoms with van der Waals surface area (Å²) < 4.78 is 14.8. The van der Waals surface area contributed by atoms with E-state index in [4.69, 9.17) is 0 Å². The van der Waals surface area contributed by atoms with Crippen molar-refractivity contribution in [2.45, 2.75) is 52.2 Å². The van der Waals surface area contributed by atoms with Crippen LogP contribution in [0.1, 0.15) is 61.3 Å². The van der Waals surface area contributed by atoms with Crippen LogP contribution in [0.2, 0.25) is 0 Å². The summed E-state index contributed by atoms with van der Waals surface area (Å²) in [5.74, 6) is 0.123. The Morgan fingerprint density at radius 3 is 2.31 bits per heavy atom. The molecule has 1 heterocycles. The quantitative estimate of drug-likeness (QED) is 0.220. The molecule has 1 N–H and O–H groups in total. The molecule has 3 aromatic rings. The maximum atomic E-state index is 13.3. The predicted molar refractivity (Wildman–Crippen MR) is 139 cm³/mol.